The molecular formula is C21H26N2O4. The number of amides is 1. The van der Waals surface area contributed by atoms with Crippen LogP contribution >= 0.6 is 0 Å². The molecule has 0 aliphatic carbocycles. The molecule has 2 rings (SSSR count). The van der Waals surface area contributed by atoms with E-state index < -0.39 is 5.97 Å². The Bertz CT molecular complexity index is 886. The number of aryl methyl sites for hydroxylation is 3. The van der Waals surface area contributed by atoms with Gasteiger partial charge in [0.1, 0.15) is 0 Å². The molecule has 0 unspecified atom stereocenters. The Balaban J connectivity index is 2.20. The average molecular weight is 370 g/mol. The van der Waals surface area contributed by atoms with E-state index in [2.05, 4.69) is 22.4 Å². The lowest BCUT2D eigenvalue weighted by atomic mass is 10.00. The van der Waals surface area contributed by atoms with Crippen molar-refractivity contribution in [3.63, 3.8) is 0 Å². The largest absolute Gasteiger partial charge is 0.465 e. The third-order valence-electron chi connectivity index (χ3n) is 4.71. The van der Waals surface area contributed by atoms with Crippen molar-refractivity contribution < 1.29 is 19.1 Å². The van der Waals surface area contributed by atoms with Crippen molar-refractivity contribution in [1.29, 1.82) is 0 Å². The van der Waals surface area contributed by atoms with Crippen LogP contribution in [0.5, 0.6) is 0 Å². The number of carbonyl (C=O) groups excluding carboxylic acids is 3. The third kappa shape index (κ3) is 4.45. The fourth-order valence-corrected chi connectivity index (χ4v) is 3.42. The lowest BCUT2D eigenvalue weighted by Crippen LogP contribution is -2.26. The van der Waals surface area contributed by atoms with Crippen LogP contribution in [-0.2, 0) is 22.5 Å². The van der Waals surface area contributed by atoms with Crippen molar-refractivity contribution in [1.82, 2.24) is 10.3 Å². The summed E-state index contributed by atoms with van der Waals surface area (Å²) in [5.41, 5.74) is 5.97. The van der Waals surface area contributed by atoms with E-state index in [-0.39, 0.29) is 23.7 Å². The number of aromatic nitrogens is 1. The predicted molar refractivity (Wildman–Crippen MR) is 103 cm³/mol. The van der Waals surface area contributed by atoms with Crippen LogP contribution < -0.4 is 5.32 Å². The standard InChI is InChI=1S/C21H26N2O4/c1-11-7-12(2)16(13(3)8-11)10-22-18(25)9-17-19(21(26)27-6)14(4)20(23-17)15(5)24/h7-8,23H,9-10H2,1-6H3,(H,22,25). The monoisotopic (exact) mass is 370 g/mol. The van der Waals surface area contributed by atoms with E-state index in [1.165, 1.54) is 19.6 Å². The van der Waals surface area contributed by atoms with E-state index in [1.807, 2.05) is 20.8 Å². The molecule has 1 aromatic heterocycles. The number of Topliss-reactive ketones (excluding diaryl/α,β-unsaturated/α-hetero) is 1. The third-order valence-corrected chi connectivity index (χ3v) is 4.71. The molecule has 27 heavy (non-hydrogen) atoms. The quantitative estimate of drug-likeness (QED) is 0.604. The number of hydrogen-bond donors (Lipinski definition) is 2. The maximum Gasteiger partial charge on any atom is 0.339 e. The predicted octanol–water partition coefficient (Wildman–Crippen LogP) is 3.10. The Morgan fingerprint density at radius 1 is 1.07 bits per heavy atom. The molecule has 0 spiro atoms. The first kappa shape index (κ1) is 20.4. The Morgan fingerprint density at radius 3 is 2.19 bits per heavy atom. The topological polar surface area (TPSA) is 88.3 Å². The molecule has 1 amide bonds. The van der Waals surface area contributed by atoms with Crippen LogP contribution in [0, 0.1) is 27.7 Å². The Hall–Kier alpha value is -2.89. The number of aromatic amines is 1. The Kier molecular flexibility index (Phi) is 6.20. The summed E-state index contributed by atoms with van der Waals surface area (Å²) in [4.78, 5) is 39.2. The highest BCUT2D eigenvalue weighted by Crippen LogP contribution is 2.21. The number of H-pyrrole nitrogens is 1. The minimum Gasteiger partial charge on any atom is -0.465 e. The van der Waals surface area contributed by atoms with Gasteiger partial charge in [-0.1, -0.05) is 17.7 Å². The van der Waals surface area contributed by atoms with Gasteiger partial charge in [-0.05, 0) is 49.9 Å². The van der Waals surface area contributed by atoms with Crippen molar-refractivity contribution >= 4 is 17.7 Å². The first-order valence-corrected chi connectivity index (χ1v) is 8.79. The maximum absolute atomic E-state index is 12.5. The van der Waals surface area contributed by atoms with Gasteiger partial charge in [-0.25, -0.2) is 4.79 Å². The van der Waals surface area contributed by atoms with Gasteiger partial charge in [-0.15, -0.1) is 0 Å². The van der Waals surface area contributed by atoms with E-state index in [0.29, 0.717) is 23.5 Å². The molecule has 0 aliphatic rings. The summed E-state index contributed by atoms with van der Waals surface area (Å²) >= 11 is 0. The first-order chi connectivity index (χ1) is 12.6. The van der Waals surface area contributed by atoms with Crippen LogP contribution in [0.4, 0.5) is 0 Å². The highest BCUT2D eigenvalue weighted by molar-refractivity contribution is 6.01. The summed E-state index contributed by atoms with van der Waals surface area (Å²) in [6.07, 6.45) is -0.0392. The number of hydrogen-bond acceptors (Lipinski definition) is 4. The van der Waals surface area contributed by atoms with Crippen LogP contribution in [0.25, 0.3) is 0 Å². The number of rotatable bonds is 6. The van der Waals surface area contributed by atoms with Crippen molar-refractivity contribution in [3.8, 4) is 0 Å². The molecule has 0 bridgehead atoms. The molecule has 144 valence electrons. The van der Waals surface area contributed by atoms with Gasteiger partial charge < -0.3 is 15.0 Å². The molecular weight excluding hydrogens is 344 g/mol. The van der Waals surface area contributed by atoms with E-state index in [4.69, 9.17) is 4.74 Å². The van der Waals surface area contributed by atoms with Crippen molar-refractivity contribution in [2.24, 2.45) is 0 Å². The van der Waals surface area contributed by atoms with Gasteiger partial charge in [0.05, 0.1) is 24.8 Å². The molecule has 0 radical (unpaired) electrons. The normalized spacial score (nSPS) is 10.6. The van der Waals surface area contributed by atoms with Crippen molar-refractivity contribution in [3.05, 3.63) is 56.9 Å². The minimum absolute atomic E-state index is 0.0392. The SMILES string of the molecule is COC(=O)c1c(CC(=O)NCc2c(C)cc(C)cc2C)[nH]c(C(C)=O)c1C. The summed E-state index contributed by atoms with van der Waals surface area (Å²) in [5, 5.41) is 2.89. The number of methoxy groups -OCH3 is 1. The van der Waals surface area contributed by atoms with Gasteiger partial charge in [-0.2, -0.15) is 0 Å². The molecule has 0 saturated heterocycles. The summed E-state index contributed by atoms with van der Waals surface area (Å²) < 4.78 is 4.80. The highest BCUT2D eigenvalue weighted by Gasteiger charge is 2.24. The fraction of sp³-hybridized carbons (Fsp3) is 0.381. The maximum atomic E-state index is 12.5. The van der Waals surface area contributed by atoms with Crippen LogP contribution in [-0.4, -0.2) is 29.8 Å². The van der Waals surface area contributed by atoms with Crippen molar-refractivity contribution in [2.75, 3.05) is 7.11 Å². The van der Waals surface area contributed by atoms with Crippen LogP contribution in [0.1, 0.15) is 61.3 Å². The molecule has 1 heterocycles. The number of ether oxygens (including phenoxy) is 1. The first-order valence-electron chi connectivity index (χ1n) is 8.79. The zero-order valence-electron chi connectivity index (χ0n) is 16.7. The van der Waals surface area contributed by atoms with Crippen molar-refractivity contribution in [2.45, 2.75) is 47.6 Å². The second-order valence-electron chi connectivity index (χ2n) is 6.86. The van der Waals surface area contributed by atoms with Crippen LogP contribution in [0.2, 0.25) is 0 Å². The van der Waals surface area contributed by atoms with E-state index in [1.54, 1.807) is 6.92 Å². The van der Waals surface area contributed by atoms with Crippen LogP contribution in [0.3, 0.4) is 0 Å². The molecule has 0 aliphatic heterocycles. The molecule has 2 aromatic rings. The summed E-state index contributed by atoms with van der Waals surface area (Å²) in [6, 6.07) is 4.16. The summed E-state index contributed by atoms with van der Waals surface area (Å²) in [7, 11) is 1.27. The van der Waals surface area contributed by atoms with E-state index >= 15 is 0 Å². The molecule has 6 heteroatoms. The number of nitrogens with one attached hydrogen (secondary N) is 2. The average Bonchev–Trinajstić information content (AvgIpc) is 2.89. The lowest BCUT2D eigenvalue weighted by Gasteiger charge is -2.12. The van der Waals surface area contributed by atoms with Gasteiger partial charge >= 0.3 is 5.97 Å². The van der Waals surface area contributed by atoms with Gasteiger partial charge in [0.2, 0.25) is 5.91 Å². The minimum atomic E-state index is -0.565. The van der Waals surface area contributed by atoms with E-state index in [9.17, 15) is 14.4 Å². The smallest absolute Gasteiger partial charge is 0.339 e. The lowest BCUT2D eigenvalue weighted by molar-refractivity contribution is -0.120. The number of carbonyl (C=O) groups is 3. The van der Waals surface area contributed by atoms with Gasteiger partial charge in [0.15, 0.2) is 5.78 Å². The molecule has 1 aromatic carbocycles. The van der Waals surface area contributed by atoms with Gasteiger partial charge in [0.25, 0.3) is 0 Å². The molecule has 0 fully saturated rings. The molecule has 0 atom stereocenters. The highest BCUT2D eigenvalue weighted by atomic mass is 16.5. The fourth-order valence-electron chi connectivity index (χ4n) is 3.42. The Labute approximate surface area is 159 Å². The second kappa shape index (κ2) is 8.20. The summed E-state index contributed by atoms with van der Waals surface area (Å²) in [6.45, 7) is 9.56. The van der Waals surface area contributed by atoms with E-state index in [0.717, 1.165) is 16.7 Å². The molecule has 0 saturated carbocycles. The number of esters is 1. The Morgan fingerprint density at radius 2 is 1.67 bits per heavy atom. The summed E-state index contributed by atoms with van der Waals surface area (Å²) in [5.74, 6) is -1.00. The second-order valence-corrected chi connectivity index (χ2v) is 6.86. The zero-order chi connectivity index (χ0) is 20.3. The molecule has 2 N–H and O–H groups in total. The van der Waals surface area contributed by atoms with Crippen LogP contribution in [0.15, 0.2) is 12.1 Å². The molecule has 6 nitrogen and oxygen atoms in total. The number of benzene rings is 1. The number of ketones is 1. The zero-order valence-corrected chi connectivity index (χ0v) is 16.7. The van der Waals surface area contributed by atoms with Gasteiger partial charge in [-0.3, -0.25) is 9.59 Å². The van der Waals surface area contributed by atoms with Gasteiger partial charge in [0, 0.05) is 19.2 Å².